The number of benzene rings is 2. The van der Waals surface area contributed by atoms with Crippen LogP contribution in [0, 0.1) is 0 Å². The quantitative estimate of drug-likeness (QED) is 0.547. The number of nitrogens with zero attached hydrogens (tertiary/aromatic N) is 2. The number of para-hydroxylation sites is 2. The van der Waals surface area contributed by atoms with Gasteiger partial charge in [-0.3, -0.25) is 14.6 Å². The molecular weight excluding hydrogens is 482 g/mol. The molecule has 0 atom stereocenters. The SMILES string of the molecule is O=C1CN(C(=O)CCCc2ccncc2)CCOCCOc2ccccc2Oc2ccc(Cl)cc2N1. The number of nitrogens with one attached hydrogen (secondary N) is 1. The molecule has 0 bridgehead atoms. The molecule has 188 valence electrons. The number of carbonyl (C=O) groups excluding carboxylic acids is 2. The number of anilines is 1. The summed E-state index contributed by atoms with van der Waals surface area (Å²) in [5, 5.41) is 3.28. The molecule has 2 amide bonds. The number of aromatic nitrogens is 1. The summed E-state index contributed by atoms with van der Waals surface area (Å²) in [5.41, 5.74) is 1.52. The molecule has 0 saturated heterocycles. The minimum absolute atomic E-state index is 0.113. The van der Waals surface area contributed by atoms with Crippen molar-refractivity contribution < 1.29 is 23.8 Å². The summed E-state index contributed by atoms with van der Waals surface area (Å²) in [6.45, 7) is 1.10. The fourth-order valence-electron chi connectivity index (χ4n) is 3.75. The van der Waals surface area contributed by atoms with Gasteiger partial charge in [0.2, 0.25) is 11.8 Å². The van der Waals surface area contributed by atoms with E-state index in [1.54, 1.807) is 42.7 Å². The molecule has 9 heteroatoms. The van der Waals surface area contributed by atoms with E-state index in [1.165, 1.54) is 4.90 Å². The van der Waals surface area contributed by atoms with Gasteiger partial charge in [0.05, 0.1) is 25.4 Å². The van der Waals surface area contributed by atoms with Crippen molar-refractivity contribution in [1.82, 2.24) is 9.88 Å². The van der Waals surface area contributed by atoms with Gasteiger partial charge in [0.15, 0.2) is 17.2 Å². The summed E-state index contributed by atoms with van der Waals surface area (Å²) in [6.07, 6.45) is 5.21. The molecule has 0 spiro atoms. The Labute approximate surface area is 215 Å². The van der Waals surface area contributed by atoms with E-state index in [0.29, 0.717) is 54.0 Å². The minimum Gasteiger partial charge on any atom is -0.487 e. The van der Waals surface area contributed by atoms with Crippen LogP contribution in [0.2, 0.25) is 5.02 Å². The predicted octanol–water partition coefficient (Wildman–Crippen LogP) is 4.73. The molecule has 0 saturated carbocycles. The molecule has 1 aliphatic heterocycles. The largest absolute Gasteiger partial charge is 0.487 e. The van der Waals surface area contributed by atoms with E-state index in [2.05, 4.69) is 10.3 Å². The molecule has 36 heavy (non-hydrogen) atoms. The summed E-state index contributed by atoms with van der Waals surface area (Å²) in [6, 6.07) is 16.1. The van der Waals surface area contributed by atoms with E-state index < -0.39 is 0 Å². The van der Waals surface area contributed by atoms with Gasteiger partial charge in [-0.1, -0.05) is 23.7 Å². The highest BCUT2D eigenvalue weighted by Crippen LogP contribution is 2.36. The molecule has 8 nitrogen and oxygen atoms in total. The fourth-order valence-corrected chi connectivity index (χ4v) is 3.93. The van der Waals surface area contributed by atoms with Gasteiger partial charge in [-0.2, -0.15) is 0 Å². The van der Waals surface area contributed by atoms with Gasteiger partial charge in [-0.15, -0.1) is 0 Å². The minimum atomic E-state index is -0.357. The van der Waals surface area contributed by atoms with Crippen LogP contribution in [0.1, 0.15) is 18.4 Å². The number of ether oxygens (including phenoxy) is 3. The highest BCUT2D eigenvalue weighted by molar-refractivity contribution is 6.31. The van der Waals surface area contributed by atoms with Gasteiger partial charge in [0, 0.05) is 30.4 Å². The normalized spacial score (nSPS) is 14.7. The lowest BCUT2D eigenvalue weighted by molar-refractivity contribution is -0.135. The second-order valence-electron chi connectivity index (χ2n) is 8.22. The Morgan fingerprint density at radius 3 is 2.64 bits per heavy atom. The van der Waals surface area contributed by atoms with Crippen molar-refractivity contribution in [3.05, 3.63) is 77.6 Å². The van der Waals surface area contributed by atoms with Crippen LogP contribution >= 0.6 is 11.6 Å². The fraction of sp³-hybridized carbons (Fsp3) is 0.296. The van der Waals surface area contributed by atoms with Gasteiger partial charge < -0.3 is 24.4 Å². The number of hydrogen-bond donors (Lipinski definition) is 1. The molecule has 2 aromatic carbocycles. The van der Waals surface area contributed by atoms with Crippen LogP contribution in [-0.2, 0) is 20.7 Å². The summed E-state index contributed by atoms with van der Waals surface area (Å²) in [5.74, 6) is 0.984. The zero-order valence-electron chi connectivity index (χ0n) is 19.8. The number of pyridine rings is 1. The van der Waals surface area contributed by atoms with Crippen molar-refractivity contribution in [2.75, 3.05) is 38.2 Å². The summed E-state index contributed by atoms with van der Waals surface area (Å²) in [4.78, 5) is 31.5. The first-order valence-corrected chi connectivity index (χ1v) is 12.2. The van der Waals surface area contributed by atoms with Crippen molar-refractivity contribution in [1.29, 1.82) is 0 Å². The summed E-state index contributed by atoms with van der Waals surface area (Å²) in [7, 11) is 0. The third kappa shape index (κ3) is 7.44. The Hall–Kier alpha value is -3.62. The zero-order chi connectivity index (χ0) is 25.2. The molecule has 1 N–H and O–H groups in total. The maximum atomic E-state index is 13.0. The first-order chi connectivity index (χ1) is 17.6. The highest BCUT2D eigenvalue weighted by Gasteiger charge is 2.19. The van der Waals surface area contributed by atoms with Crippen molar-refractivity contribution in [2.45, 2.75) is 19.3 Å². The first kappa shape index (κ1) is 25.5. The number of aryl methyl sites for hydroxylation is 1. The standard InChI is InChI=1S/C27H28ClN3O5/c28-21-8-9-23-22(18-21)30-26(32)19-31(27(33)7-3-4-20-10-12-29-13-11-20)14-15-34-16-17-35-24-5-1-2-6-25(24)36-23/h1-2,5-6,8-13,18H,3-4,7,14-17,19H2,(H,30,32). The van der Waals surface area contributed by atoms with Gasteiger partial charge >= 0.3 is 0 Å². The van der Waals surface area contributed by atoms with E-state index in [9.17, 15) is 9.59 Å². The lowest BCUT2D eigenvalue weighted by Gasteiger charge is -2.22. The first-order valence-electron chi connectivity index (χ1n) is 11.8. The molecule has 0 unspecified atom stereocenters. The average molecular weight is 510 g/mol. The molecule has 0 aliphatic carbocycles. The van der Waals surface area contributed by atoms with Gasteiger partial charge in [-0.25, -0.2) is 0 Å². The van der Waals surface area contributed by atoms with Crippen molar-refractivity contribution in [3.8, 4) is 17.2 Å². The number of fused-ring (bicyclic) bond motifs is 2. The van der Waals surface area contributed by atoms with Crippen molar-refractivity contribution >= 4 is 29.1 Å². The van der Waals surface area contributed by atoms with E-state index in [4.69, 9.17) is 25.8 Å². The number of rotatable bonds is 4. The maximum absolute atomic E-state index is 13.0. The molecule has 1 aromatic heterocycles. The highest BCUT2D eigenvalue weighted by atomic mass is 35.5. The van der Waals surface area contributed by atoms with Gasteiger partial charge in [0.1, 0.15) is 6.61 Å². The third-order valence-electron chi connectivity index (χ3n) is 5.57. The topological polar surface area (TPSA) is 90.0 Å². The summed E-state index contributed by atoms with van der Waals surface area (Å²) < 4.78 is 17.6. The second kappa shape index (κ2) is 12.9. The van der Waals surface area contributed by atoms with Crippen LogP contribution < -0.4 is 14.8 Å². The number of hydrogen-bond acceptors (Lipinski definition) is 6. The van der Waals surface area contributed by atoms with Gasteiger partial charge in [-0.05, 0) is 60.9 Å². The lowest BCUT2D eigenvalue weighted by atomic mass is 10.1. The molecule has 2 heterocycles. The van der Waals surface area contributed by atoms with Crippen LogP contribution in [0.3, 0.4) is 0 Å². The number of amides is 2. The monoisotopic (exact) mass is 509 g/mol. The predicted molar refractivity (Wildman–Crippen MR) is 137 cm³/mol. The molecule has 3 aromatic rings. The second-order valence-corrected chi connectivity index (χ2v) is 8.66. The molecule has 1 aliphatic rings. The van der Waals surface area contributed by atoms with E-state index >= 15 is 0 Å². The Balaban J connectivity index is 1.48. The van der Waals surface area contributed by atoms with E-state index in [0.717, 1.165) is 12.0 Å². The molecule has 0 radical (unpaired) electrons. The Morgan fingerprint density at radius 2 is 1.81 bits per heavy atom. The summed E-state index contributed by atoms with van der Waals surface area (Å²) >= 11 is 6.19. The zero-order valence-corrected chi connectivity index (χ0v) is 20.6. The Morgan fingerprint density at radius 1 is 1.00 bits per heavy atom. The van der Waals surface area contributed by atoms with Crippen LogP contribution in [0.5, 0.6) is 17.2 Å². The van der Waals surface area contributed by atoms with Crippen LogP contribution in [0.4, 0.5) is 5.69 Å². The number of halogens is 1. The van der Waals surface area contributed by atoms with Gasteiger partial charge in [0.25, 0.3) is 0 Å². The molecular formula is C27H28ClN3O5. The lowest BCUT2D eigenvalue weighted by Crippen LogP contribution is -2.40. The Bertz CT molecular complexity index is 1180. The Kier molecular flexibility index (Phi) is 9.13. The van der Waals surface area contributed by atoms with Crippen LogP contribution in [0.25, 0.3) is 0 Å². The third-order valence-corrected chi connectivity index (χ3v) is 5.80. The molecule has 0 fully saturated rings. The van der Waals surface area contributed by atoms with Crippen LogP contribution in [0.15, 0.2) is 67.0 Å². The average Bonchev–Trinajstić information content (AvgIpc) is 2.88. The smallest absolute Gasteiger partial charge is 0.244 e. The maximum Gasteiger partial charge on any atom is 0.244 e. The number of carbonyl (C=O) groups is 2. The molecule has 4 rings (SSSR count). The van der Waals surface area contributed by atoms with Crippen molar-refractivity contribution in [3.63, 3.8) is 0 Å². The van der Waals surface area contributed by atoms with Crippen LogP contribution in [-0.4, -0.2) is 54.6 Å². The van der Waals surface area contributed by atoms with E-state index in [-0.39, 0.29) is 31.5 Å². The van der Waals surface area contributed by atoms with E-state index in [1.807, 2.05) is 24.3 Å². The van der Waals surface area contributed by atoms with Crippen molar-refractivity contribution in [2.24, 2.45) is 0 Å².